The van der Waals surface area contributed by atoms with E-state index >= 15 is 0 Å². The molecule has 0 aliphatic carbocycles. The number of thioether (sulfide) groups is 1. The summed E-state index contributed by atoms with van der Waals surface area (Å²) in [6.45, 7) is 6.23. The van der Waals surface area contributed by atoms with E-state index in [1.807, 2.05) is 30.0 Å². The van der Waals surface area contributed by atoms with Crippen molar-refractivity contribution in [3.05, 3.63) is 34.9 Å². The molecule has 1 N–H and O–H groups in total. The molecule has 25 heavy (non-hydrogen) atoms. The van der Waals surface area contributed by atoms with Crippen LogP contribution >= 0.6 is 47.3 Å². The Labute approximate surface area is 178 Å². The van der Waals surface area contributed by atoms with Crippen LogP contribution in [0.1, 0.15) is 25.3 Å². The lowest BCUT2D eigenvalue weighted by Gasteiger charge is -2.34. The first-order valence-corrected chi connectivity index (χ1v) is 10.1. The summed E-state index contributed by atoms with van der Waals surface area (Å²) in [4.78, 5) is 7.08. The standard InChI is InChI=1S/C18H28ClN3OS.HI/c1-4-20-17(21-14-18(24-3)8-10-23-11-9-18)22(2)13-15-6-5-7-16(19)12-15;/h5-7,12H,4,8-11,13-14H2,1-3H3,(H,20,21);1H. The second-order valence-corrected chi connectivity index (χ2v) is 7.87. The van der Waals surface area contributed by atoms with E-state index in [1.165, 1.54) is 5.56 Å². The highest BCUT2D eigenvalue weighted by molar-refractivity contribution is 14.0. The third-order valence-corrected chi connectivity index (χ3v) is 6.00. The molecule has 1 heterocycles. The van der Waals surface area contributed by atoms with Gasteiger partial charge < -0.3 is 15.0 Å². The maximum absolute atomic E-state index is 6.09. The number of rotatable bonds is 6. The molecule has 2 rings (SSSR count). The van der Waals surface area contributed by atoms with Gasteiger partial charge in [0.25, 0.3) is 0 Å². The number of guanidine groups is 1. The lowest BCUT2D eigenvalue weighted by molar-refractivity contribution is 0.0793. The molecule has 0 aromatic heterocycles. The summed E-state index contributed by atoms with van der Waals surface area (Å²) in [5, 5.41) is 4.17. The number of hydrogen-bond acceptors (Lipinski definition) is 3. The summed E-state index contributed by atoms with van der Waals surface area (Å²) in [5.41, 5.74) is 1.18. The minimum Gasteiger partial charge on any atom is -0.381 e. The number of aliphatic imine (C=N–C) groups is 1. The molecule has 1 saturated heterocycles. The van der Waals surface area contributed by atoms with Gasteiger partial charge in [-0.25, -0.2) is 0 Å². The zero-order valence-corrected chi connectivity index (χ0v) is 19.2. The van der Waals surface area contributed by atoms with E-state index in [0.29, 0.717) is 0 Å². The Hall–Kier alpha value is -0.180. The van der Waals surface area contributed by atoms with Gasteiger partial charge in [-0.05, 0) is 43.7 Å². The van der Waals surface area contributed by atoms with Crippen LogP contribution in [0.4, 0.5) is 0 Å². The van der Waals surface area contributed by atoms with Crippen molar-refractivity contribution in [2.75, 3.05) is 39.6 Å². The van der Waals surface area contributed by atoms with Crippen molar-refractivity contribution in [2.45, 2.75) is 31.1 Å². The minimum atomic E-state index is 0. The summed E-state index contributed by atoms with van der Waals surface area (Å²) in [5.74, 6) is 0.942. The molecule has 1 aliphatic heterocycles. The smallest absolute Gasteiger partial charge is 0.194 e. The van der Waals surface area contributed by atoms with Crippen molar-refractivity contribution < 1.29 is 4.74 Å². The lowest BCUT2D eigenvalue weighted by atomic mass is 9.99. The maximum Gasteiger partial charge on any atom is 0.194 e. The summed E-state index contributed by atoms with van der Waals surface area (Å²) in [6.07, 6.45) is 4.31. The molecular formula is C18H29ClIN3OS. The summed E-state index contributed by atoms with van der Waals surface area (Å²) in [7, 11) is 2.07. The largest absolute Gasteiger partial charge is 0.381 e. The number of nitrogens with zero attached hydrogens (tertiary/aromatic N) is 2. The molecular weight excluding hydrogens is 469 g/mol. The third-order valence-electron chi connectivity index (χ3n) is 4.36. The van der Waals surface area contributed by atoms with Gasteiger partial charge in [0, 0.05) is 43.1 Å². The second-order valence-electron chi connectivity index (χ2n) is 6.16. The molecule has 7 heteroatoms. The summed E-state index contributed by atoms with van der Waals surface area (Å²) in [6, 6.07) is 7.98. The fourth-order valence-electron chi connectivity index (χ4n) is 2.84. The number of benzene rings is 1. The Kier molecular flexibility index (Phi) is 10.5. The van der Waals surface area contributed by atoms with Gasteiger partial charge in [-0.3, -0.25) is 4.99 Å². The SMILES string of the molecule is CCNC(=NCC1(SC)CCOCC1)N(C)Cc1cccc(Cl)c1.I. The van der Waals surface area contributed by atoms with Crippen molar-refractivity contribution in [2.24, 2.45) is 4.99 Å². The molecule has 1 aromatic carbocycles. The van der Waals surface area contributed by atoms with Gasteiger partial charge >= 0.3 is 0 Å². The number of ether oxygens (including phenoxy) is 1. The Morgan fingerprint density at radius 1 is 1.40 bits per heavy atom. The molecule has 142 valence electrons. The molecule has 0 unspecified atom stereocenters. The van der Waals surface area contributed by atoms with Crippen LogP contribution in [-0.4, -0.2) is 55.2 Å². The first-order chi connectivity index (χ1) is 11.6. The quantitative estimate of drug-likeness (QED) is 0.362. The summed E-state index contributed by atoms with van der Waals surface area (Å²) < 4.78 is 5.72. The maximum atomic E-state index is 6.09. The Balaban J connectivity index is 0.00000312. The van der Waals surface area contributed by atoms with Gasteiger partial charge in [-0.15, -0.1) is 24.0 Å². The Bertz CT molecular complexity index is 553. The van der Waals surface area contributed by atoms with Gasteiger partial charge in [0.05, 0.1) is 6.54 Å². The van der Waals surface area contributed by atoms with Gasteiger partial charge in [0.2, 0.25) is 0 Å². The highest BCUT2D eigenvalue weighted by Crippen LogP contribution is 2.34. The molecule has 0 bridgehead atoms. The van der Waals surface area contributed by atoms with E-state index < -0.39 is 0 Å². The predicted molar refractivity (Wildman–Crippen MR) is 121 cm³/mol. The third kappa shape index (κ3) is 7.15. The van der Waals surface area contributed by atoms with Gasteiger partial charge in [-0.2, -0.15) is 11.8 Å². The molecule has 1 fully saturated rings. The van der Waals surface area contributed by atoms with E-state index in [4.69, 9.17) is 21.3 Å². The van der Waals surface area contributed by atoms with E-state index in [2.05, 4.69) is 36.5 Å². The molecule has 0 saturated carbocycles. The molecule has 4 nitrogen and oxygen atoms in total. The van der Waals surface area contributed by atoms with E-state index in [-0.39, 0.29) is 28.7 Å². The van der Waals surface area contributed by atoms with E-state index in [1.54, 1.807) is 0 Å². The molecule has 1 aliphatic rings. The van der Waals surface area contributed by atoms with Crippen LogP contribution in [0.5, 0.6) is 0 Å². The second kappa shape index (κ2) is 11.5. The minimum absolute atomic E-state index is 0. The highest BCUT2D eigenvalue weighted by atomic mass is 127. The number of nitrogens with one attached hydrogen (secondary N) is 1. The van der Waals surface area contributed by atoms with Crippen LogP contribution in [0.2, 0.25) is 5.02 Å². The molecule has 0 spiro atoms. The van der Waals surface area contributed by atoms with Crippen LogP contribution in [-0.2, 0) is 11.3 Å². The molecule has 0 radical (unpaired) electrons. The van der Waals surface area contributed by atoms with E-state index in [9.17, 15) is 0 Å². The average Bonchev–Trinajstić information content (AvgIpc) is 2.59. The highest BCUT2D eigenvalue weighted by Gasteiger charge is 2.31. The van der Waals surface area contributed by atoms with Gasteiger partial charge in [-0.1, -0.05) is 23.7 Å². The number of hydrogen-bond donors (Lipinski definition) is 1. The van der Waals surface area contributed by atoms with Crippen molar-refractivity contribution in [1.29, 1.82) is 0 Å². The lowest BCUT2D eigenvalue weighted by Crippen LogP contribution is -2.41. The molecule has 0 amide bonds. The normalized spacial score (nSPS) is 16.9. The first-order valence-electron chi connectivity index (χ1n) is 8.45. The van der Waals surface area contributed by atoms with Crippen LogP contribution < -0.4 is 5.32 Å². The van der Waals surface area contributed by atoms with E-state index in [0.717, 1.165) is 56.7 Å². The fourth-order valence-corrected chi connectivity index (χ4v) is 3.82. The topological polar surface area (TPSA) is 36.9 Å². The van der Waals surface area contributed by atoms with Crippen molar-refractivity contribution in [3.63, 3.8) is 0 Å². The zero-order chi connectivity index (χ0) is 17.4. The van der Waals surface area contributed by atoms with Crippen LogP contribution in [0.15, 0.2) is 29.3 Å². The van der Waals surface area contributed by atoms with Crippen molar-refractivity contribution in [3.8, 4) is 0 Å². The Morgan fingerprint density at radius 2 is 2.12 bits per heavy atom. The molecule has 1 aromatic rings. The first kappa shape index (κ1) is 22.9. The molecule has 0 atom stereocenters. The average molecular weight is 498 g/mol. The number of halogens is 2. The Morgan fingerprint density at radius 3 is 2.72 bits per heavy atom. The predicted octanol–water partition coefficient (Wildman–Crippen LogP) is 4.27. The van der Waals surface area contributed by atoms with Crippen LogP contribution in [0.3, 0.4) is 0 Å². The zero-order valence-electron chi connectivity index (χ0n) is 15.3. The van der Waals surface area contributed by atoms with Crippen molar-refractivity contribution in [1.82, 2.24) is 10.2 Å². The van der Waals surface area contributed by atoms with Gasteiger partial charge in [0.15, 0.2) is 5.96 Å². The van der Waals surface area contributed by atoms with Crippen LogP contribution in [0, 0.1) is 0 Å². The fraction of sp³-hybridized carbons (Fsp3) is 0.611. The monoisotopic (exact) mass is 497 g/mol. The van der Waals surface area contributed by atoms with Gasteiger partial charge in [0.1, 0.15) is 0 Å². The van der Waals surface area contributed by atoms with Crippen LogP contribution in [0.25, 0.3) is 0 Å². The summed E-state index contributed by atoms with van der Waals surface area (Å²) >= 11 is 8.01. The van der Waals surface area contributed by atoms with Crippen molar-refractivity contribution >= 4 is 53.3 Å².